The highest BCUT2D eigenvalue weighted by Crippen LogP contribution is 2.14. The molecule has 0 aliphatic heterocycles. The van der Waals surface area contributed by atoms with Crippen LogP contribution < -0.4 is 16.4 Å². The second-order valence-electron chi connectivity index (χ2n) is 8.11. The lowest BCUT2D eigenvalue weighted by Gasteiger charge is -2.15. The second kappa shape index (κ2) is 9.36. The van der Waals surface area contributed by atoms with Gasteiger partial charge in [-0.05, 0) is 48.7 Å². The molecule has 3 aromatic heterocycles. The van der Waals surface area contributed by atoms with E-state index in [0.717, 1.165) is 30.4 Å². The summed E-state index contributed by atoms with van der Waals surface area (Å²) in [5, 5.41) is 11.8. The molecular weight excluding hydrogens is 421 g/mol. The number of hydrogen-bond donors (Lipinski definition) is 2. The standard InChI is InChI=1S/C25H26FN5O2/c1-3-4-5-12-30-21(27)19(24(32)28-15-17-8-10-18(26)11-9-17)14-20-23(30)29-22-16(2)7-6-13-31(22)25(20)33/h6-11,13-14,27H,3-5,12,15H2,1-2H3,(H,28,32). The fourth-order valence-electron chi connectivity index (χ4n) is 3.89. The van der Waals surface area contributed by atoms with E-state index in [2.05, 4.69) is 12.2 Å². The summed E-state index contributed by atoms with van der Waals surface area (Å²) in [5.41, 5.74) is 2.36. The monoisotopic (exact) mass is 447 g/mol. The Labute approximate surface area is 190 Å². The topological polar surface area (TPSA) is 92.2 Å². The van der Waals surface area contributed by atoms with Crippen molar-refractivity contribution in [3.63, 3.8) is 0 Å². The maximum atomic E-state index is 13.3. The molecule has 8 heteroatoms. The van der Waals surface area contributed by atoms with Crippen LogP contribution in [-0.2, 0) is 13.1 Å². The molecule has 4 rings (SSSR count). The smallest absolute Gasteiger partial charge is 0.267 e. The molecule has 3 heterocycles. The molecule has 4 aromatic rings. The Kier molecular flexibility index (Phi) is 6.35. The van der Waals surface area contributed by atoms with Crippen molar-refractivity contribution in [2.24, 2.45) is 0 Å². The number of carbonyl (C=O) groups is 1. The van der Waals surface area contributed by atoms with E-state index in [1.807, 2.05) is 13.0 Å². The van der Waals surface area contributed by atoms with Gasteiger partial charge >= 0.3 is 0 Å². The lowest BCUT2D eigenvalue weighted by molar-refractivity contribution is 0.0948. The molecule has 0 fully saturated rings. The van der Waals surface area contributed by atoms with Crippen LogP contribution in [0.25, 0.3) is 16.7 Å². The number of nitrogens with zero attached hydrogens (tertiary/aromatic N) is 3. The number of fused-ring (bicyclic) bond motifs is 2. The first kappa shape index (κ1) is 22.4. The van der Waals surface area contributed by atoms with Gasteiger partial charge in [-0.1, -0.05) is 38.0 Å². The third kappa shape index (κ3) is 4.41. The SMILES string of the molecule is CCCCCn1c(=N)c(C(=O)NCc2ccc(F)cc2)cc2c(=O)n3cccc(C)c3nc21. The number of rotatable bonds is 7. The predicted molar refractivity (Wildman–Crippen MR) is 125 cm³/mol. The summed E-state index contributed by atoms with van der Waals surface area (Å²) >= 11 is 0. The molecule has 0 aliphatic carbocycles. The average molecular weight is 448 g/mol. The van der Waals surface area contributed by atoms with Gasteiger partial charge in [0, 0.05) is 19.3 Å². The molecule has 7 nitrogen and oxygen atoms in total. The predicted octanol–water partition coefficient (Wildman–Crippen LogP) is 3.70. The first-order valence-electron chi connectivity index (χ1n) is 11.0. The van der Waals surface area contributed by atoms with E-state index >= 15 is 0 Å². The second-order valence-corrected chi connectivity index (χ2v) is 8.11. The van der Waals surface area contributed by atoms with Gasteiger partial charge in [-0.3, -0.25) is 19.4 Å². The Morgan fingerprint density at radius 2 is 1.91 bits per heavy atom. The number of unbranched alkanes of at least 4 members (excludes halogenated alkanes) is 2. The Bertz CT molecular complexity index is 1450. The Morgan fingerprint density at radius 3 is 2.64 bits per heavy atom. The van der Waals surface area contributed by atoms with Crippen molar-refractivity contribution in [2.75, 3.05) is 0 Å². The van der Waals surface area contributed by atoms with Gasteiger partial charge in [-0.15, -0.1) is 0 Å². The van der Waals surface area contributed by atoms with E-state index in [1.165, 1.54) is 22.6 Å². The highest BCUT2D eigenvalue weighted by Gasteiger charge is 2.18. The number of amides is 1. The minimum absolute atomic E-state index is 0.0139. The number of pyridine rings is 2. The van der Waals surface area contributed by atoms with Crippen LogP contribution in [0.15, 0.2) is 53.5 Å². The fraction of sp³-hybridized carbons (Fsp3) is 0.280. The molecule has 0 aliphatic rings. The number of aromatic nitrogens is 3. The lowest BCUT2D eigenvalue weighted by Crippen LogP contribution is -2.35. The highest BCUT2D eigenvalue weighted by atomic mass is 19.1. The number of nitrogens with one attached hydrogen (secondary N) is 2. The van der Waals surface area contributed by atoms with Crippen molar-refractivity contribution in [1.29, 1.82) is 5.41 Å². The summed E-state index contributed by atoms with van der Waals surface area (Å²) in [4.78, 5) is 31.0. The minimum Gasteiger partial charge on any atom is -0.348 e. The molecule has 1 amide bonds. The third-order valence-corrected chi connectivity index (χ3v) is 5.73. The molecule has 0 atom stereocenters. The summed E-state index contributed by atoms with van der Waals surface area (Å²) in [6.45, 7) is 4.64. The lowest BCUT2D eigenvalue weighted by atomic mass is 10.1. The van der Waals surface area contributed by atoms with Crippen molar-refractivity contribution in [2.45, 2.75) is 46.2 Å². The molecule has 2 N–H and O–H groups in total. The molecule has 33 heavy (non-hydrogen) atoms. The van der Waals surface area contributed by atoms with Crippen LogP contribution in [0.2, 0.25) is 0 Å². The van der Waals surface area contributed by atoms with E-state index < -0.39 is 5.91 Å². The molecule has 0 saturated heterocycles. The van der Waals surface area contributed by atoms with Gasteiger partial charge in [0.05, 0.1) is 10.9 Å². The van der Waals surface area contributed by atoms with Crippen molar-refractivity contribution in [3.8, 4) is 0 Å². The summed E-state index contributed by atoms with van der Waals surface area (Å²) in [6, 6.07) is 11.0. The number of hydrogen-bond acceptors (Lipinski definition) is 4. The third-order valence-electron chi connectivity index (χ3n) is 5.73. The van der Waals surface area contributed by atoms with E-state index in [0.29, 0.717) is 17.8 Å². The van der Waals surface area contributed by atoms with Crippen molar-refractivity contribution in [1.82, 2.24) is 19.3 Å². The molecule has 1 aromatic carbocycles. The first-order chi connectivity index (χ1) is 15.9. The van der Waals surface area contributed by atoms with Gasteiger partial charge in [-0.25, -0.2) is 9.37 Å². The van der Waals surface area contributed by atoms with Gasteiger partial charge < -0.3 is 9.88 Å². The fourth-order valence-corrected chi connectivity index (χ4v) is 3.89. The summed E-state index contributed by atoms with van der Waals surface area (Å²) in [5.74, 6) is -0.819. The van der Waals surface area contributed by atoms with E-state index in [-0.39, 0.29) is 34.4 Å². The normalized spacial score (nSPS) is 11.2. The van der Waals surface area contributed by atoms with E-state index in [1.54, 1.807) is 29.0 Å². The molecule has 0 bridgehead atoms. The molecule has 0 saturated carbocycles. The summed E-state index contributed by atoms with van der Waals surface area (Å²) in [7, 11) is 0. The molecule has 0 spiro atoms. The maximum absolute atomic E-state index is 13.3. The zero-order valence-corrected chi connectivity index (χ0v) is 18.7. The average Bonchev–Trinajstić information content (AvgIpc) is 2.81. The van der Waals surface area contributed by atoms with Crippen LogP contribution >= 0.6 is 0 Å². The molecule has 0 unspecified atom stereocenters. The van der Waals surface area contributed by atoms with Crippen LogP contribution in [0.5, 0.6) is 0 Å². The zero-order valence-electron chi connectivity index (χ0n) is 18.7. The Balaban J connectivity index is 1.83. The van der Waals surface area contributed by atoms with Gasteiger partial charge in [0.15, 0.2) is 0 Å². The van der Waals surface area contributed by atoms with Crippen molar-refractivity contribution in [3.05, 3.63) is 87.0 Å². The van der Waals surface area contributed by atoms with Crippen molar-refractivity contribution < 1.29 is 9.18 Å². The van der Waals surface area contributed by atoms with E-state index in [4.69, 9.17) is 10.4 Å². The number of halogens is 1. The van der Waals surface area contributed by atoms with Crippen LogP contribution in [0, 0.1) is 18.2 Å². The number of benzene rings is 1. The first-order valence-corrected chi connectivity index (χ1v) is 11.0. The molecule has 0 radical (unpaired) electrons. The zero-order chi connectivity index (χ0) is 23.5. The van der Waals surface area contributed by atoms with Crippen LogP contribution in [-0.4, -0.2) is 19.9 Å². The van der Waals surface area contributed by atoms with Gasteiger partial charge in [0.2, 0.25) is 0 Å². The number of carbonyl (C=O) groups excluding carboxylic acids is 1. The highest BCUT2D eigenvalue weighted by molar-refractivity contribution is 5.96. The van der Waals surface area contributed by atoms with Crippen LogP contribution in [0.1, 0.15) is 47.7 Å². The van der Waals surface area contributed by atoms with Gasteiger partial charge in [0.1, 0.15) is 22.6 Å². The molecule has 170 valence electrons. The van der Waals surface area contributed by atoms with Crippen LogP contribution in [0.3, 0.4) is 0 Å². The van der Waals surface area contributed by atoms with Crippen LogP contribution in [0.4, 0.5) is 4.39 Å². The van der Waals surface area contributed by atoms with Gasteiger partial charge in [0.25, 0.3) is 11.5 Å². The minimum atomic E-state index is -0.468. The van der Waals surface area contributed by atoms with E-state index in [9.17, 15) is 14.0 Å². The largest absolute Gasteiger partial charge is 0.348 e. The van der Waals surface area contributed by atoms with Gasteiger partial charge in [-0.2, -0.15) is 0 Å². The van der Waals surface area contributed by atoms with Crippen molar-refractivity contribution >= 4 is 22.6 Å². The summed E-state index contributed by atoms with van der Waals surface area (Å²) in [6.07, 6.45) is 4.42. The Morgan fingerprint density at radius 1 is 1.15 bits per heavy atom. The maximum Gasteiger partial charge on any atom is 0.267 e. The Hall–Kier alpha value is -3.81. The molecular formula is C25H26FN5O2. The quantitative estimate of drug-likeness (QED) is 0.334. The number of aryl methyl sites for hydroxylation is 2. The summed E-state index contributed by atoms with van der Waals surface area (Å²) < 4.78 is 16.3.